The molecule has 0 aliphatic carbocycles. The number of thioether (sulfide) groups is 1. The van der Waals surface area contributed by atoms with E-state index in [9.17, 15) is 13.2 Å². The smallest absolute Gasteiger partial charge is 0.339 e. The first kappa shape index (κ1) is 20.1. The zero-order valence-corrected chi connectivity index (χ0v) is 17.2. The Morgan fingerprint density at radius 1 is 1.11 bits per heavy atom. The summed E-state index contributed by atoms with van der Waals surface area (Å²) in [5, 5.41) is 10.7. The second-order valence-electron chi connectivity index (χ2n) is 6.29. The number of nitrogens with zero attached hydrogens (tertiary/aromatic N) is 2. The van der Waals surface area contributed by atoms with E-state index >= 15 is 0 Å². The van der Waals surface area contributed by atoms with E-state index in [1.165, 1.54) is 30.1 Å². The third kappa shape index (κ3) is 4.79. The molecule has 28 heavy (non-hydrogen) atoms. The van der Waals surface area contributed by atoms with Crippen molar-refractivity contribution in [2.24, 2.45) is 10.2 Å². The standard InChI is InChI=1S/C19H19N3O4S2/c1-12-4-7-16(8-5-12)28(24,25)26-17-9-6-13(2)10-15(17)11-20-22-19-21-18(23)14(3)27-19/h4-11,14H,1-3H3,(H,21,22,23)/b20-11-/t14-/m1/s1. The summed E-state index contributed by atoms with van der Waals surface area (Å²) in [6.45, 7) is 5.52. The van der Waals surface area contributed by atoms with E-state index in [-0.39, 0.29) is 21.8 Å². The quantitative estimate of drug-likeness (QED) is 0.458. The molecule has 0 saturated carbocycles. The van der Waals surface area contributed by atoms with Gasteiger partial charge in [-0.2, -0.15) is 13.5 Å². The lowest BCUT2D eigenvalue weighted by atomic mass is 10.1. The number of carbonyl (C=O) groups is 1. The fourth-order valence-electron chi connectivity index (χ4n) is 2.37. The number of benzene rings is 2. The number of amidine groups is 1. The SMILES string of the molecule is Cc1ccc(S(=O)(=O)Oc2ccc(C)cc2/C=N\N=C2NC(=O)[C@@H](C)S2)cc1. The Hall–Kier alpha value is -2.65. The molecule has 1 N–H and O–H groups in total. The maximum absolute atomic E-state index is 12.6. The number of hydrogen-bond donors (Lipinski definition) is 1. The van der Waals surface area contributed by atoms with E-state index in [0.717, 1.165) is 11.1 Å². The molecule has 0 spiro atoms. The molecule has 7 nitrogen and oxygen atoms in total. The lowest BCUT2D eigenvalue weighted by Gasteiger charge is -2.10. The van der Waals surface area contributed by atoms with E-state index < -0.39 is 10.1 Å². The molecule has 3 rings (SSSR count). The van der Waals surface area contributed by atoms with Crippen molar-refractivity contribution < 1.29 is 17.4 Å². The van der Waals surface area contributed by atoms with Crippen molar-refractivity contribution in [3.8, 4) is 5.75 Å². The Balaban J connectivity index is 1.85. The minimum Gasteiger partial charge on any atom is -0.378 e. The molecule has 0 bridgehead atoms. The number of nitrogens with one attached hydrogen (secondary N) is 1. The van der Waals surface area contributed by atoms with Crippen LogP contribution in [-0.2, 0) is 14.9 Å². The highest BCUT2D eigenvalue weighted by atomic mass is 32.2. The van der Waals surface area contributed by atoms with Crippen LogP contribution in [0.4, 0.5) is 0 Å². The van der Waals surface area contributed by atoms with E-state index in [1.807, 2.05) is 13.8 Å². The van der Waals surface area contributed by atoms with E-state index in [1.54, 1.807) is 37.3 Å². The number of rotatable bonds is 5. The predicted octanol–water partition coefficient (Wildman–Crippen LogP) is 3.01. The average Bonchev–Trinajstić information content (AvgIpc) is 2.95. The van der Waals surface area contributed by atoms with Crippen LogP contribution in [-0.4, -0.2) is 31.0 Å². The molecule has 1 fully saturated rings. The molecule has 0 radical (unpaired) electrons. The Kier molecular flexibility index (Phi) is 5.85. The first-order valence-corrected chi connectivity index (χ1v) is 10.7. The minimum atomic E-state index is -3.98. The lowest BCUT2D eigenvalue weighted by Crippen LogP contribution is -2.23. The normalized spacial score (nSPS) is 18.6. The van der Waals surface area contributed by atoms with Gasteiger partial charge in [-0.15, -0.1) is 5.10 Å². The Labute approximate surface area is 168 Å². The van der Waals surface area contributed by atoms with Crippen LogP contribution in [0.15, 0.2) is 57.6 Å². The van der Waals surface area contributed by atoms with Gasteiger partial charge in [0.05, 0.1) is 11.5 Å². The second-order valence-corrected chi connectivity index (χ2v) is 9.17. The van der Waals surface area contributed by atoms with Gasteiger partial charge in [0.2, 0.25) is 5.91 Å². The minimum absolute atomic E-state index is 0.0702. The molecule has 1 saturated heterocycles. The van der Waals surface area contributed by atoms with Crippen molar-refractivity contribution in [1.82, 2.24) is 5.32 Å². The van der Waals surface area contributed by atoms with Gasteiger partial charge in [-0.25, -0.2) is 0 Å². The topological polar surface area (TPSA) is 97.2 Å². The Bertz CT molecular complexity index is 1060. The van der Waals surface area contributed by atoms with Gasteiger partial charge in [-0.05, 0) is 45.0 Å². The zero-order chi connectivity index (χ0) is 20.3. The molecule has 1 atom stereocenters. The molecule has 1 aliphatic heterocycles. The van der Waals surface area contributed by atoms with Crippen LogP contribution in [0, 0.1) is 13.8 Å². The van der Waals surface area contributed by atoms with Crippen molar-refractivity contribution in [2.75, 3.05) is 0 Å². The molecule has 146 valence electrons. The molecule has 1 amide bonds. The van der Waals surface area contributed by atoms with Crippen molar-refractivity contribution in [1.29, 1.82) is 0 Å². The Morgan fingerprint density at radius 2 is 1.79 bits per heavy atom. The van der Waals surface area contributed by atoms with Crippen LogP contribution in [0.25, 0.3) is 0 Å². The van der Waals surface area contributed by atoms with Crippen molar-refractivity contribution in [3.63, 3.8) is 0 Å². The fraction of sp³-hybridized carbons (Fsp3) is 0.211. The monoisotopic (exact) mass is 417 g/mol. The van der Waals surface area contributed by atoms with Gasteiger partial charge >= 0.3 is 10.1 Å². The summed E-state index contributed by atoms with van der Waals surface area (Å²) in [6, 6.07) is 11.5. The van der Waals surface area contributed by atoms with Crippen LogP contribution in [0.5, 0.6) is 5.75 Å². The molecule has 2 aromatic rings. The third-order valence-electron chi connectivity index (χ3n) is 3.91. The number of hydrogen-bond acceptors (Lipinski definition) is 7. The summed E-state index contributed by atoms with van der Waals surface area (Å²) >= 11 is 1.27. The van der Waals surface area contributed by atoms with Crippen molar-refractivity contribution in [3.05, 3.63) is 59.2 Å². The average molecular weight is 418 g/mol. The van der Waals surface area contributed by atoms with E-state index in [0.29, 0.717) is 10.7 Å². The van der Waals surface area contributed by atoms with Crippen LogP contribution < -0.4 is 9.50 Å². The first-order chi connectivity index (χ1) is 13.2. The van der Waals surface area contributed by atoms with Crippen LogP contribution in [0.3, 0.4) is 0 Å². The zero-order valence-electron chi connectivity index (χ0n) is 15.5. The number of carbonyl (C=O) groups excluding carboxylic acids is 1. The molecule has 1 aliphatic rings. The lowest BCUT2D eigenvalue weighted by molar-refractivity contribution is -0.118. The fourth-order valence-corrected chi connectivity index (χ4v) is 4.07. The van der Waals surface area contributed by atoms with Crippen molar-refractivity contribution >= 4 is 39.2 Å². The van der Waals surface area contributed by atoms with Crippen LogP contribution >= 0.6 is 11.8 Å². The van der Waals surface area contributed by atoms with E-state index in [2.05, 4.69) is 15.5 Å². The van der Waals surface area contributed by atoms with Crippen LogP contribution in [0.1, 0.15) is 23.6 Å². The number of amides is 1. The molecular weight excluding hydrogens is 398 g/mol. The largest absolute Gasteiger partial charge is 0.378 e. The summed E-state index contributed by atoms with van der Waals surface area (Å²) < 4.78 is 30.4. The summed E-state index contributed by atoms with van der Waals surface area (Å²) in [4.78, 5) is 11.5. The van der Waals surface area contributed by atoms with Crippen LogP contribution in [0.2, 0.25) is 0 Å². The van der Waals surface area contributed by atoms with Gasteiger partial charge in [0, 0.05) is 5.56 Å². The van der Waals surface area contributed by atoms with Gasteiger partial charge in [-0.3, -0.25) is 4.79 Å². The molecule has 1 heterocycles. The highest BCUT2D eigenvalue weighted by Gasteiger charge is 2.25. The van der Waals surface area contributed by atoms with Gasteiger partial charge in [0.15, 0.2) is 10.9 Å². The molecule has 0 aromatic heterocycles. The summed E-state index contributed by atoms with van der Waals surface area (Å²) in [6.07, 6.45) is 1.40. The second kappa shape index (κ2) is 8.15. The summed E-state index contributed by atoms with van der Waals surface area (Å²) in [5.74, 6) is 0.0225. The highest BCUT2D eigenvalue weighted by Crippen LogP contribution is 2.24. The van der Waals surface area contributed by atoms with Gasteiger partial charge in [-0.1, -0.05) is 41.1 Å². The highest BCUT2D eigenvalue weighted by molar-refractivity contribution is 8.15. The van der Waals surface area contributed by atoms with Gasteiger partial charge in [0.25, 0.3) is 0 Å². The molecule has 0 unspecified atom stereocenters. The first-order valence-electron chi connectivity index (χ1n) is 8.45. The van der Waals surface area contributed by atoms with Gasteiger partial charge in [0.1, 0.15) is 4.90 Å². The van der Waals surface area contributed by atoms with Gasteiger partial charge < -0.3 is 9.50 Å². The molecular formula is C19H19N3O4S2. The van der Waals surface area contributed by atoms with E-state index in [4.69, 9.17) is 4.18 Å². The predicted molar refractivity (Wildman–Crippen MR) is 110 cm³/mol. The summed E-state index contributed by atoms with van der Waals surface area (Å²) in [5.41, 5.74) is 2.32. The number of aryl methyl sites for hydroxylation is 2. The summed E-state index contributed by atoms with van der Waals surface area (Å²) in [7, 11) is -3.98. The maximum Gasteiger partial charge on any atom is 0.339 e. The molecule has 9 heteroatoms. The molecule has 2 aromatic carbocycles. The third-order valence-corrected chi connectivity index (χ3v) is 6.13. The maximum atomic E-state index is 12.6. The Morgan fingerprint density at radius 3 is 2.43 bits per heavy atom. The van der Waals surface area contributed by atoms with Crippen molar-refractivity contribution in [2.45, 2.75) is 30.9 Å².